The Morgan fingerprint density at radius 1 is 0.909 bits per heavy atom. The van der Waals surface area contributed by atoms with Crippen molar-refractivity contribution in [3.63, 3.8) is 0 Å². The van der Waals surface area contributed by atoms with Gasteiger partial charge in [0, 0.05) is 43.7 Å². The van der Waals surface area contributed by atoms with Crippen molar-refractivity contribution in [3.8, 4) is 22.4 Å². The Labute approximate surface area is 265 Å². The molecule has 1 atom stereocenters. The summed E-state index contributed by atoms with van der Waals surface area (Å²) in [6.07, 6.45) is -4.71. The lowest BCUT2D eigenvalue weighted by atomic mass is 10.00. The highest BCUT2D eigenvalue weighted by molar-refractivity contribution is 6.35. The second kappa shape index (κ2) is 12.5. The van der Waals surface area contributed by atoms with Crippen molar-refractivity contribution < 1.29 is 27.9 Å². The number of nitrogens with one attached hydrogen (secondary N) is 1. The van der Waals surface area contributed by atoms with Crippen molar-refractivity contribution in [1.82, 2.24) is 15.1 Å². The van der Waals surface area contributed by atoms with Gasteiger partial charge in [0.1, 0.15) is 5.69 Å². The number of nitrogens with zero attached hydrogens (tertiary/aromatic N) is 2. The number of carboxylic acid groups (broad SMARTS) is 1. The molecule has 2 N–H and O–H groups in total. The predicted octanol–water partition coefficient (Wildman–Crippen LogP) is 9.16. The Hall–Kier alpha value is -4.05. The zero-order valence-electron chi connectivity index (χ0n) is 22.9. The number of carbonyl (C=O) groups excluding carboxylic acids is 1. The van der Waals surface area contributed by atoms with Crippen molar-refractivity contribution >= 4 is 57.6 Å². The van der Waals surface area contributed by atoms with Crippen LogP contribution in [-0.2, 0) is 11.0 Å². The highest BCUT2D eigenvalue weighted by Crippen LogP contribution is 2.39. The molecule has 12 heteroatoms. The highest BCUT2D eigenvalue weighted by Gasteiger charge is 2.31. The summed E-state index contributed by atoms with van der Waals surface area (Å²) in [5.74, 6) is -1.41. The second-order valence-electron chi connectivity index (χ2n) is 10.1. The van der Waals surface area contributed by atoms with Gasteiger partial charge in [-0.3, -0.25) is 14.3 Å². The molecule has 5 aromatic rings. The van der Waals surface area contributed by atoms with Gasteiger partial charge in [0.05, 0.1) is 23.5 Å². The van der Waals surface area contributed by atoms with Gasteiger partial charge in [-0.15, -0.1) is 0 Å². The number of hydrogen-bond donors (Lipinski definition) is 2. The van der Waals surface area contributed by atoms with E-state index in [-0.39, 0.29) is 24.0 Å². The molecule has 0 fully saturated rings. The van der Waals surface area contributed by atoms with Gasteiger partial charge in [-0.05, 0) is 72.6 Å². The summed E-state index contributed by atoms with van der Waals surface area (Å²) in [5.41, 5.74) is 3.29. The third-order valence-electron chi connectivity index (χ3n) is 7.10. The number of rotatable bonds is 8. The molecule has 5 rings (SSSR count). The molecule has 44 heavy (non-hydrogen) atoms. The van der Waals surface area contributed by atoms with E-state index in [1.807, 2.05) is 19.1 Å². The maximum Gasteiger partial charge on any atom is 0.416 e. The Balaban J connectivity index is 1.58. The van der Waals surface area contributed by atoms with E-state index in [9.17, 15) is 22.8 Å². The number of hydrogen-bond acceptors (Lipinski definition) is 3. The first-order valence-corrected chi connectivity index (χ1v) is 14.4. The van der Waals surface area contributed by atoms with Crippen molar-refractivity contribution in [1.29, 1.82) is 0 Å². The molecule has 0 unspecified atom stereocenters. The molecule has 226 valence electrons. The van der Waals surface area contributed by atoms with Crippen LogP contribution in [0.25, 0.3) is 33.3 Å². The molecule has 0 bridgehead atoms. The molecule has 1 heterocycles. The zero-order valence-corrected chi connectivity index (χ0v) is 25.2. The van der Waals surface area contributed by atoms with Crippen molar-refractivity contribution in [2.45, 2.75) is 25.6 Å². The number of amides is 1. The molecule has 0 saturated carbocycles. The van der Waals surface area contributed by atoms with Gasteiger partial charge in [0.25, 0.3) is 5.91 Å². The number of aromatic nitrogens is 2. The van der Waals surface area contributed by atoms with Crippen molar-refractivity contribution in [2.24, 2.45) is 0 Å². The molecule has 1 amide bonds. The smallest absolute Gasteiger partial charge is 0.416 e. The van der Waals surface area contributed by atoms with Crippen LogP contribution in [-0.4, -0.2) is 33.3 Å². The van der Waals surface area contributed by atoms with Gasteiger partial charge in [-0.1, -0.05) is 59.1 Å². The normalized spacial score (nSPS) is 12.3. The number of halogens is 6. The van der Waals surface area contributed by atoms with E-state index in [2.05, 4.69) is 5.32 Å². The number of alkyl halides is 3. The SMILES string of the molecule is C[C@@H](c1ccc(C(=O)NCCC(=O)O)cc1)n1nc(-c2cc(Cl)cc(Cl)c2)c2ccc(-c3ccc(C(F)(F)F)cc3Cl)cc21. The fraction of sp³-hybridized carbons (Fsp3) is 0.156. The van der Waals surface area contributed by atoms with Crippen LogP contribution in [0.4, 0.5) is 13.2 Å². The molecule has 0 aliphatic rings. The van der Waals surface area contributed by atoms with Crippen molar-refractivity contribution in [2.75, 3.05) is 6.54 Å². The largest absolute Gasteiger partial charge is 0.481 e. The molecule has 0 aliphatic heterocycles. The lowest BCUT2D eigenvalue weighted by Gasteiger charge is -2.16. The first-order valence-electron chi connectivity index (χ1n) is 13.3. The minimum absolute atomic E-state index is 0.00712. The van der Waals surface area contributed by atoms with E-state index in [4.69, 9.17) is 45.0 Å². The maximum absolute atomic E-state index is 13.3. The first-order chi connectivity index (χ1) is 20.8. The van der Waals surface area contributed by atoms with E-state index in [0.29, 0.717) is 43.5 Å². The average Bonchev–Trinajstić information content (AvgIpc) is 3.34. The van der Waals surface area contributed by atoms with E-state index >= 15 is 0 Å². The fourth-order valence-electron chi connectivity index (χ4n) is 4.87. The van der Waals surface area contributed by atoms with E-state index in [1.54, 1.807) is 53.2 Å². The lowest BCUT2D eigenvalue weighted by Crippen LogP contribution is -2.26. The van der Waals surface area contributed by atoms with Crippen LogP contribution in [0.15, 0.2) is 78.9 Å². The minimum Gasteiger partial charge on any atom is -0.481 e. The Morgan fingerprint density at radius 2 is 1.59 bits per heavy atom. The van der Waals surface area contributed by atoms with Gasteiger partial charge in [0.15, 0.2) is 0 Å². The topological polar surface area (TPSA) is 84.2 Å². The van der Waals surface area contributed by atoms with Crippen LogP contribution in [0.1, 0.15) is 40.9 Å². The summed E-state index contributed by atoms with van der Waals surface area (Å²) in [7, 11) is 0. The van der Waals surface area contributed by atoms with Crippen LogP contribution >= 0.6 is 34.8 Å². The maximum atomic E-state index is 13.3. The highest BCUT2D eigenvalue weighted by atomic mass is 35.5. The zero-order chi connectivity index (χ0) is 31.8. The number of fused-ring (bicyclic) bond motifs is 1. The molecular formula is C32H23Cl3F3N3O3. The van der Waals surface area contributed by atoms with Gasteiger partial charge in [-0.2, -0.15) is 18.3 Å². The second-order valence-corrected chi connectivity index (χ2v) is 11.4. The molecule has 4 aromatic carbocycles. The lowest BCUT2D eigenvalue weighted by molar-refractivity contribution is -0.138. The molecule has 6 nitrogen and oxygen atoms in total. The summed E-state index contributed by atoms with van der Waals surface area (Å²) < 4.78 is 41.5. The molecule has 0 spiro atoms. The van der Waals surface area contributed by atoms with Gasteiger partial charge in [-0.25, -0.2) is 0 Å². The van der Waals surface area contributed by atoms with E-state index in [1.165, 1.54) is 6.07 Å². The van der Waals surface area contributed by atoms with Gasteiger partial charge in [0.2, 0.25) is 0 Å². The van der Waals surface area contributed by atoms with Gasteiger partial charge < -0.3 is 10.4 Å². The predicted molar refractivity (Wildman–Crippen MR) is 165 cm³/mol. The van der Waals surface area contributed by atoms with Gasteiger partial charge >= 0.3 is 12.1 Å². The number of benzene rings is 4. The molecule has 0 saturated heterocycles. The monoisotopic (exact) mass is 659 g/mol. The summed E-state index contributed by atoms with van der Waals surface area (Å²) in [5, 5.41) is 17.8. The third-order valence-corrected chi connectivity index (χ3v) is 7.85. The number of carboxylic acids is 1. The van der Waals surface area contributed by atoms with Crippen LogP contribution in [0.5, 0.6) is 0 Å². The van der Waals surface area contributed by atoms with E-state index < -0.39 is 23.6 Å². The number of aliphatic carboxylic acids is 1. The summed E-state index contributed by atoms with van der Waals surface area (Å²) in [6, 6.07) is 20.2. The Morgan fingerprint density at radius 3 is 2.20 bits per heavy atom. The molecular weight excluding hydrogens is 638 g/mol. The van der Waals surface area contributed by atoms with Crippen LogP contribution in [0, 0.1) is 0 Å². The summed E-state index contributed by atoms with van der Waals surface area (Å²) in [4.78, 5) is 23.2. The third kappa shape index (κ3) is 6.70. The summed E-state index contributed by atoms with van der Waals surface area (Å²) in [6.45, 7) is 1.92. The first kappa shape index (κ1) is 31.4. The van der Waals surface area contributed by atoms with Crippen LogP contribution < -0.4 is 5.32 Å². The van der Waals surface area contributed by atoms with E-state index in [0.717, 1.165) is 23.1 Å². The number of carbonyl (C=O) groups is 2. The Kier molecular flexibility index (Phi) is 8.92. The minimum atomic E-state index is -4.53. The molecule has 1 aromatic heterocycles. The standard InChI is InChI=1S/C32H23Cl3F3N3O3/c1-17(18-2-4-19(5-3-18)31(44)39-11-10-29(42)43)41-28-14-20(25-9-7-22(15-27(25)35)32(36,37)38)6-8-26(28)30(40-41)21-12-23(33)16-24(34)13-21/h2-9,12-17H,10-11H2,1H3,(H,39,44)(H,42,43)/t17-/m0/s1. The molecule has 0 aliphatic carbocycles. The quantitative estimate of drug-likeness (QED) is 0.174. The molecule has 0 radical (unpaired) electrons. The Bertz CT molecular complexity index is 1870. The van der Waals surface area contributed by atoms with Crippen LogP contribution in [0.2, 0.25) is 15.1 Å². The van der Waals surface area contributed by atoms with Crippen molar-refractivity contribution in [3.05, 3.63) is 111 Å². The van der Waals surface area contributed by atoms with Crippen LogP contribution in [0.3, 0.4) is 0 Å². The summed E-state index contributed by atoms with van der Waals surface area (Å²) >= 11 is 18.9. The fourth-order valence-corrected chi connectivity index (χ4v) is 5.68. The average molecular weight is 661 g/mol.